The van der Waals surface area contributed by atoms with Gasteiger partial charge in [0.1, 0.15) is 11.4 Å². The number of nitrogens with one attached hydrogen (secondary N) is 1. The first-order chi connectivity index (χ1) is 19.2. The number of nitrogens with two attached hydrogens (primary N) is 1. The Hall–Kier alpha value is -4.18. The number of likely N-dealkylation sites (tertiary alicyclic amines) is 1. The molecular weight excluding hydrogens is 490 g/mol. The largest absolute Gasteiger partial charge is 0.493 e. The van der Waals surface area contributed by atoms with Gasteiger partial charge in [-0.15, -0.1) is 15.3 Å². The smallest absolute Gasteiger partial charge is 0.241 e. The molecule has 0 saturated carbocycles. The predicted molar refractivity (Wildman–Crippen MR) is 152 cm³/mol. The summed E-state index contributed by atoms with van der Waals surface area (Å²) >= 11 is 0. The van der Waals surface area contributed by atoms with Crippen molar-refractivity contribution in [1.29, 1.82) is 0 Å². The molecule has 3 aliphatic rings. The van der Waals surface area contributed by atoms with Crippen molar-refractivity contribution in [2.24, 2.45) is 0 Å². The minimum atomic E-state index is 0.167. The number of aromatic nitrogens is 5. The lowest BCUT2D eigenvalue weighted by atomic mass is 10.0. The maximum Gasteiger partial charge on any atom is 0.241 e. The van der Waals surface area contributed by atoms with Gasteiger partial charge in [-0.25, -0.2) is 0 Å². The Balaban J connectivity index is 1.07. The second kappa shape index (κ2) is 10.2. The Kier molecular flexibility index (Phi) is 6.24. The normalized spacial score (nSPS) is 17.8. The molecule has 39 heavy (non-hydrogen) atoms. The lowest BCUT2D eigenvalue weighted by molar-refractivity contribution is 0.208. The number of piperidine rings is 1. The Morgan fingerprint density at radius 2 is 1.72 bits per heavy atom. The highest BCUT2D eigenvalue weighted by molar-refractivity contribution is 5.71. The van der Waals surface area contributed by atoms with E-state index in [1.54, 1.807) is 4.68 Å². The summed E-state index contributed by atoms with van der Waals surface area (Å²) < 4.78 is 7.53. The molecule has 0 amide bonds. The van der Waals surface area contributed by atoms with Crippen molar-refractivity contribution < 1.29 is 4.74 Å². The van der Waals surface area contributed by atoms with Gasteiger partial charge in [0.05, 0.1) is 6.61 Å². The van der Waals surface area contributed by atoms with Gasteiger partial charge in [-0.2, -0.15) is 9.67 Å². The van der Waals surface area contributed by atoms with E-state index in [4.69, 9.17) is 10.5 Å². The second-order valence-corrected chi connectivity index (χ2v) is 10.5. The number of anilines is 4. The number of benzene rings is 2. The van der Waals surface area contributed by atoms with Crippen molar-refractivity contribution >= 4 is 23.3 Å². The lowest BCUT2D eigenvalue weighted by Gasteiger charge is -2.37. The molecule has 200 valence electrons. The van der Waals surface area contributed by atoms with Gasteiger partial charge in [0.15, 0.2) is 5.82 Å². The maximum atomic E-state index is 6.01. The first kappa shape index (κ1) is 23.9. The number of nitrogen functional groups attached to an aromatic ring is 1. The highest BCUT2D eigenvalue weighted by Crippen LogP contribution is 2.34. The quantitative estimate of drug-likeness (QED) is 0.400. The van der Waals surface area contributed by atoms with Crippen LogP contribution in [0.4, 0.5) is 23.3 Å². The van der Waals surface area contributed by atoms with Crippen LogP contribution in [0.1, 0.15) is 31.2 Å². The zero-order valence-corrected chi connectivity index (χ0v) is 22.0. The summed E-state index contributed by atoms with van der Waals surface area (Å²) in [5.41, 5.74) is 11.0. The molecule has 0 atom stereocenters. The van der Waals surface area contributed by atoms with E-state index in [9.17, 15) is 0 Å². The van der Waals surface area contributed by atoms with E-state index in [2.05, 4.69) is 59.7 Å². The third-order valence-electron chi connectivity index (χ3n) is 8.08. The van der Waals surface area contributed by atoms with Crippen LogP contribution in [0.5, 0.6) is 5.75 Å². The molecule has 3 aliphatic heterocycles. The summed E-state index contributed by atoms with van der Waals surface area (Å²) in [6.45, 7) is 5.33. The molecule has 0 radical (unpaired) electrons. The number of para-hydroxylation sites is 1. The molecular formula is C29H33N9O. The van der Waals surface area contributed by atoms with Crippen molar-refractivity contribution in [3.05, 3.63) is 60.2 Å². The molecule has 10 nitrogen and oxygen atoms in total. The van der Waals surface area contributed by atoms with Crippen LogP contribution in [0.2, 0.25) is 0 Å². The summed E-state index contributed by atoms with van der Waals surface area (Å²) in [5.74, 6) is 2.04. The number of hydrogen-bond acceptors (Lipinski definition) is 9. The number of hydrogen-bond donors (Lipinski definition) is 2. The highest BCUT2D eigenvalue weighted by Gasteiger charge is 2.26. The molecule has 2 saturated heterocycles. The topological polar surface area (TPSA) is 110 Å². The molecule has 2 fully saturated rings. The van der Waals surface area contributed by atoms with Crippen molar-refractivity contribution in [2.45, 2.75) is 38.1 Å². The standard InChI is InChI=1S/C29H33N9O/c30-28-32-29(31-21-7-9-22(10-8-21)37-16-11-23(12-17-37)36-14-3-4-15-36)38(35-28)26-19-20-13-18-39-25-6-2-1-5-24(25)27(20)34-33-26/h1-2,5-10,19,23H,3-4,11-18H2,(H3,30,31,32,35). The van der Waals surface area contributed by atoms with Crippen LogP contribution in [0.3, 0.4) is 0 Å². The highest BCUT2D eigenvalue weighted by atomic mass is 16.5. The average Bonchev–Trinajstić information content (AvgIpc) is 3.60. The zero-order valence-electron chi connectivity index (χ0n) is 22.0. The third kappa shape index (κ3) is 4.76. The molecule has 0 spiro atoms. The van der Waals surface area contributed by atoms with E-state index < -0.39 is 0 Å². The maximum absolute atomic E-state index is 6.01. The Morgan fingerprint density at radius 1 is 0.923 bits per heavy atom. The van der Waals surface area contributed by atoms with E-state index in [1.807, 2.05) is 30.3 Å². The fourth-order valence-corrected chi connectivity index (χ4v) is 6.05. The molecule has 0 bridgehead atoms. The van der Waals surface area contributed by atoms with Crippen LogP contribution in [-0.4, -0.2) is 68.7 Å². The number of ether oxygens (including phenoxy) is 1. The molecule has 10 heteroatoms. The predicted octanol–water partition coefficient (Wildman–Crippen LogP) is 4.05. The van der Waals surface area contributed by atoms with Gasteiger partial charge in [0.25, 0.3) is 0 Å². The second-order valence-electron chi connectivity index (χ2n) is 10.5. The van der Waals surface area contributed by atoms with Crippen molar-refractivity contribution in [2.75, 3.05) is 48.7 Å². The van der Waals surface area contributed by atoms with Crippen LogP contribution in [0.15, 0.2) is 54.6 Å². The molecule has 0 unspecified atom stereocenters. The SMILES string of the molecule is Nc1nc(Nc2ccc(N3CCC(N4CCCC4)CC3)cc2)n(-c2cc3c(nn2)-c2ccccc2OCC3)n1. The summed E-state index contributed by atoms with van der Waals surface area (Å²) in [4.78, 5) is 9.60. The Labute approximate surface area is 227 Å². The van der Waals surface area contributed by atoms with Gasteiger partial charge in [0.2, 0.25) is 11.9 Å². The molecule has 4 aromatic rings. The van der Waals surface area contributed by atoms with Crippen LogP contribution in [0, 0.1) is 0 Å². The first-order valence-corrected chi connectivity index (χ1v) is 13.9. The van der Waals surface area contributed by atoms with Gasteiger partial charge in [-0.1, -0.05) is 12.1 Å². The minimum absolute atomic E-state index is 0.167. The molecule has 5 heterocycles. The van der Waals surface area contributed by atoms with Gasteiger partial charge < -0.3 is 25.6 Å². The van der Waals surface area contributed by atoms with Gasteiger partial charge in [-0.05, 0) is 86.8 Å². The zero-order chi connectivity index (χ0) is 26.2. The first-order valence-electron chi connectivity index (χ1n) is 13.9. The summed E-state index contributed by atoms with van der Waals surface area (Å²) in [6, 6.07) is 19.1. The number of fused-ring (bicyclic) bond motifs is 3. The van der Waals surface area contributed by atoms with Crippen molar-refractivity contribution in [3.8, 4) is 22.8 Å². The monoisotopic (exact) mass is 523 g/mol. The van der Waals surface area contributed by atoms with Crippen LogP contribution in [-0.2, 0) is 6.42 Å². The van der Waals surface area contributed by atoms with E-state index in [-0.39, 0.29) is 5.95 Å². The van der Waals surface area contributed by atoms with Crippen LogP contribution >= 0.6 is 0 Å². The Bertz CT molecular complexity index is 1450. The van der Waals surface area contributed by atoms with Gasteiger partial charge in [-0.3, -0.25) is 0 Å². The minimum Gasteiger partial charge on any atom is -0.493 e. The van der Waals surface area contributed by atoms with E-state index in [0.29, 0.717) is 18.4 Å². The molecule has 7 rings (SSSR count). The number of nitrogens with zero attached hydrogens (tertiary/aromatic N) is 7. The van der Waals surface area contributed by atoms with E-state index in [1.165, 1.54) is 44.5 Å². The summed E-state index contributed by atoms with van der Waals surface area (Å²) in [7, 11) is 0. The fourth-order valence-electron chi connectivity index (χ4n) is 6.05. The number of rotatable bonds is 5. The molecule has 3 N–H and O–H groups in total. The van der Waals surface area contributed by atoms with E-state index in [0.717, 1.165) is 53.8 Å². The summed E-state index contributed by atoms with van der Waals surface area (Å²) in [6.07, 6.45) is 5.91. The van der Waals surface area contributed by atoms with Gasteiger partial charge >= 0.3 is 0 Å². The molecule has 0 aliphatic carbocycles. The Morgan fingerprint density at radius 3 is 2.54 bits per heavy atom. The van der Waals surface area contributed by atoms with Gasteiger partial charge in [0, 0.05) is 42.5 Å². The molecule has 2 aromatic heterocycles. The average molecular weight is 524 g/mol. The fraction of sp³-hybridized carbons (Fsp3) is 0.379. The van der Waals surface area contributed by atoms with Crippen molar-refractivity contribution in [1.82, 2.24) is 29.9 Å². The lowest BCUT2D eigenvalue weighted by Crippen LogP contribution is -2.43. The van der Waals surface area contributed by atoms with Crippen LogP contribution < -0.4 is 20.7 Å². The third-order valence-corrected chi connectivity index (χ3v) is 8.08. The summed E-state index contributed by atoms with van der Waals surface area (Å²) in [5, 5.41) is 16.8. The van der Waals surface area contributed by atoms with Crippen molar-refractivity contribution in [3.63, 3.8) is 0 Å². The van der Waals surface area contributed by atoms with Crippen LogP contribution in [0.25, 0.3) is 17.1 Å². The van der Waals surface area contributed by atoms with E-state index >= 15 is 0 Å². The molecule has 2 aromatic carbocycles.